The summed E-state index contributed by atoms with van der Waals surface area (Å²) < 4.78 is 35.4. The Morgan fingerprint density at radius 1 is 0.743 bits per heavy atom. The second kappa shape index (κ2) is 39.1. The van der Waals surface area contributed by atoms with Crippen LogP contribution in [-0.4, -0.2) is 55.0 Å². The van der Waals surface area contributed by atoms with Gasteiger partial charge in [-0.15, -0.1) is 4.33 Å². The molecular weight excluding hydrogens is 899 g/mol. The van der Waals surface area contributed by atoms with Gasteiger partial charge in [0.25, 0.3) is 5.91 Å². The maximum absolute atomic E-state index is 13.2. The van der Waals surface area contributed by atoms with Crippen molar-refractivity contribution in [3.8, 4) is 142 Å². The molecule has 1 amide bonds. The van der Waals surface area contributed by atoms with E-state index in [2.05, 4.69) is 190 Å². The summed E-state index contributed by atoms with van der Waals surface area (Å²) in [5.74, 6) is 60.7. The van der Waals surface area contributed by atoms with Crippen molar-refractivity contribution in [2.75, 3.05) is 13.2 Å². The molecule has 0 spiro atoms. The molecule has 358 valence electrons. The van der Waals surface area contributed by atoms with Gasteiger partial charge in [0.05, 0.1) is 19.3 Å². The maximum Gasteiger partial charge on any atom is 0.297 e. The molecule has 8 atom stereocenters. The van der Waals surface area contributed by atoms with E-state index in [0.29, 0.717) is 12.3 Å². The number of fused-ring (bicyclic) bond motifs is 1. The van der Waals surface area contributed by atoms with Crippen molar-refractivity contribution in [1.29, 1.82) is 0 Å². The highest BCUT2D eigenvalue weighted by atomic mass is 32.2. The van der Waals surface area contributed by atoms with Gasteiger partial charge >= 0.3 is 0 Å². The maximum atomic E-state index is 13.2. The zero-order valence-electron chi connectivity index (χ0n) is 40.2. The van der Waals surface area contributed by atoms with Crippen molar-refractivity contribution in [3.05, 3.63) is 48.0 Å². The Kier molecular flexibility index (Phi) is 32.1. The lowest BCUT2D eigenvalue weighted by atomic mass is 9.86. The Morgan fingerprint density at radius 2 is 1.29 bits per heavy atom. The second-order valence-electron chi connectivity index (χ2n) is 15.6. The van der Waals surface area contributed by atoms with Gasteiger partial charge in [0.15, 0.2) is 24.9 Å². The molecule has 2 N–H and O–H groups in total. The average Bonchev–Trinajstić information content (AvgIpc) is 3.38. The van der Waals surface area contributed by atoms with E-state index in [1.807, 2.05) is 30.3 Å². The highest BCUT2D eigenvalue weighted by molar-refractivity contribution is 7.89. The molecule has 2 aliphatic rings. The quantitative estimate of drug-likeness (QED) is 0.0278. The molecule has 10 nitrogen and oxygen atoms in total. The van der Waals surface area contributed by atoms with E-state index in [4.69, 9.17) is 28.4 Å². The average molecular weight is 956 g/mol. The normalized spacial score (nSPS) is 17.9. The van der Waals surface area contributed by atoms with E-state index < -0.39 is 42.8 Å². The van der Waals surface area contributed by atoms with Gasteiger partial charge in [-0.2, -0.15) is 0 Å². The number of carbonyl (C=O) groups excluding carboxylic acids is 1. The zero-order chi connectivity index (χ0) is 50.0. The van der Waals surface area contributed by atoms with Gasteiger partial charge in [-0.25, -0.2) is 5.26 Å². The molecule has 5 unspecified atom stereocenters. The minimum Gasteiger partial charge on any atom is -0.350 e. The topological polar surface area (TPSA) is 114 Å². The first-order chi connectivity index (χ1) is 34.5. The summed E-state index contributed by atoms with van der Waals surface area (Å²) in [5.41, 5.74) is 0.847. The summed E-state index contributed by atoms with van der Waals surface area (Å²) >= 11 is 0.464. The molecular formula is C59H57NO9S. The number of allylic oxidation sites excluding steroid dienone is 2. The van der Waals surface area contributed by atoms with E-state index in [9.17, 15) is 4.79 Å². The SMILES string of the molecule is CC#CC#CC#CC#CC#CC#CC#CC#CC#CC#CC#CC#CC(=O)N[C@@H](COC1CC(OSOOO)C2OC(c3ccccc3)OCC2O1)[C@H](C)[C@H](C)C/C=C/CCCCCCCCCCC. The van der Waals surface area contributed by atoms with Gasteiger partial charge in [0, 0.05) is 53.4 Å². The summed E-state index contributed by atoms with van der Waals surface area (Å²) in [6, 6.07) is 9.10. The smallest absolute Gasteiger partial charge is 0.297 e. The third-order valence-electron chi connectivity index (χ3n) is 10.5. The molecule has 0 aliphatic carbocycles. The highest BCUT2D eigenvalue weighted by Crippen LogP contribution is 2.37. The Bertz CT molecular complexity index is 2630. The van der Waals surface area contributed by atoms with Crippen molar-refractivity contribution in [1.82, 2.24) is 5.32 Å². The largest absolute Gasteiger partial charge is 0.350 e. The van der Waals surface area contributed by atoms with Gasteiger partial charge in [0.1, 0.15) is 18.3 Å². The fourth-order valence-corrected chi connectivity index (χ4v) is 7.10. The molecule has 0 bridgehead atoms. The first-order valence-electron chi connectivity index (χ1n) is 23.2. The van der Waals surface area contributed by atoms with Crippen molar-refractivity contribution < 1.29 is 42.6 Å². The number of unbranched alkanes of at least 4 members (excludes halogenated alkanes) is 9. The number of hydrogen-bond acceptors (Lipinski definition) is 10. The molecule has 0 aromatic heterocycles. The van der Waals surface area contributed by atoms with Gasteiger partial charge < -0.3 is 24.3 Å². The number of hydrogen-bond donors (Lipinski definition) is 2. The number of benzene rings is 1. The lowest BCUT2D eigenvalue weighted by molar-refractivity contribution is -0.435. The summed E-state index contributed by atoms with van der Waals surface area (Å²) in [6.07, 6.45) is 15.2. The summed E-state index contributed by atoms with van der Waals surface area (Å²) in [4.78, 5) is 13.2. The predicted molar refractivity (Wildman–Crippen MR) is 271 cm³/mol. The summed E-state index contributed by atoms with van der Waals surface area (Å²) in [7, 11) is 0. The van der Waals surface area contributed by atoms with Crippen LogP contribution in [0.25, 0.3) is 0 Å². The second-order valence-corrected chi connectivity index (χ2v) is 16.0. The van der Waals surface area contributed by atoms with Gasteiger partial charge in [-0.05, 0) is 133 Å². The Morgan fingerprint density at radius 3 is 1.84 bits per heavy atom. The Hall–Kier alpha value is -6.82. The lowest BCUT2D eigenvalue weighted by Crippen LogP contribution is -2.56. The molecule has 11 heteroatoms. The summed E-state index contributed by atoms with van der Waals surface area (Å²) in [5, 5.41) is 15.5. The van der Waals surface area contributed by atoms with Crippen LogP contribution in [0.3, 0.4) is 0 Å². The fraction of sp³-hybridized carbons (Fsp3) is 0.441. The third-order valence-corrected chi connectivity index (χ3v) is 11.0. The molecule has 3 rings (SSSR count). The van der Waals surface area contributed by atoms with Crippen molar-refractivity contribution in [2.24, 2.45) is 11.8 Å². The molecule has 2 fully saturated rings. The van der Waals surface area contributed by atoms with E-state index >= 15 is 0 Å². The number of amides is 1. The van der Waals surface area contributed by atoms with E-state index in [1.165, 1.54) is 57.8 Å². The molecule has 2 heterocycles. The Labute approximate surface area is 421 Å². The van der Waals surface area contributed by atoms with Crippen molar-refractivity contribution in [2.45, 2.75) is 142 Å². The third kappa shape index (κ3) is 26.7. The molecule has 0 radical (unpaired) electrons. The predicted octanol–water partition coefficient (Wildman–Crippen LogP) is 8.29. The van der Waals surface area contributed by atoms with Crippen LogP contribution in [0, 0.1) is 154 Å². The van der Waals surface area contributed by atoms with Crippen LogP contribution in [-0.2, 0) is 37.3 Å². The molecule has 1 aromatic carbocycles. The van der Waals surface area contributed by atoms with Crippen LogP contribution in [0.4, 0.5) is 0 Å². The van der Waals surface area contributed by atoms with Crippen LogP contribution in [0.5, 0.6) is 0 Å². The molecule has 2 aliphatic heterocycles. The van der Waals surface area contributed by atoms with Gasteiger partial charge in [-0.3, -0.25) is 8.98 Å². The molecule has 0 saturated carbocycles. The number of carbonyl (C=O) groups is 1. The van der Waals surface area contributed by atoms with Crippen LogP contribution in [0.2, 0.25) is 0 Å². The number of nitrogens with one attached hydrogen (secondary N) is 1. The number of ether oxygens (including phenoxy) is 4. The Balaban J connectivity index is 1.59. The minimum absolute atomic E-state index is 0.0217. The van der Waals surface area contributed by atoms with E-state index in [0.717, 1.165) is 18.4 Å². The lowest BCUT2D eigenvalue weighted by Gasteiger charge is -2.45. The first kappa shape index (κ1) is 57.5. The van der Waals surface area contributed by atoms with Gasteiger partial charge in [0.2, 0.25) is 0 Å². The minimum atomic E-state index is -0.755. The van der Waals surface area contributed by atoms with Crippen molar-refractivity contribution >= 4 is 18.2 Å². The first-order valence-corrected chi connectivity index (χ1v) is 23.9. The monoisotopic (exact) mass is 955 g/mol. The highest BCUT2D eigenvalue weighted by Gasteiger charge is 2.46. The van der Waals surface area contributed by atoms with Gasteiger partial charge in [-0.1, -0.05) is 126 Å². The fourth-order valence-electron chi connectivity index (χ4n) is 6.76. The zero-order valence-corrected chi connectivity index (χ0v) is 41.0. The van der Waals surface area contributed by atoms with Crippen molar-refractivity contribution in [3.63, 3.8) is 0 Å². The standard InChI is InChI=1S/C59H57NO9S/c1-5-7-9-11-13-15-17-19-20-21-22-23-24-25-26-27-28-29-31-33-35-37-42-46-56(61)60-53(51(4)50(3)43-39-36-34-32-30-18-16-14-12-10-8-6-2)48-63-57-47-54(67-70-69-68-62)58-55(65-57)49-64-59(66-58)52-44-40-38-41-45-52/h36,38-41,44-45,50-51,53-55,57-59,62H,6,8,10,12,14,16,18,30,32,34,43,47-49H2,1-4H3,(H,60,61)/b39-36+/t50-,51-,53+,54?,55?,57?,58?,59?/m1/s1. The molecule has 1 aromatic rings. The van der Waals surface area contributed by atoms with Crippen LogP contribution < -0.4 is 5.32 Å². The van der Waals surface area contributed by atoms with Crippen LogP contribution in [0.15, 0.2) is 42.5 Å². The molecule has 70 heavy (non-hydrogen) atoms. The van der Waals surface area contributed by atoms with Crippen LogP contribution >= 0.6 is 12.3 Å². The number of rotatable bonds is 23. The summed E-state index contributed by atoms with van der Waals surface area (Å²) in [6.45, 7) is 8.49. The van der Waals surface area contributed by atoms with Crippen LogP contribution in [0.1, 0.15) is 117 Å². The molecule has 2 saturated heterocycles. The van der Waals surface area contributed by atoms with E-state index in [-0.39, 0.29) is 31.5 Å². The van der Waals surface area contributed by atoms with E-state index in [1.54, 1.807) is 6.92 Å².